The fourth-order valence-corrected chi connectivity index (χ4v) is 2.78. The molecule has 0 saturated carbocycles. The number of carbonyl (C=O) groups excluding carboxylic acids is 2. The lowest BCUT2D eigenvalue weighted by molar-refractivity contribution is -0.121. The molecular weight excluding hydrogens is 354 g/mol. The van der Waals surface area contributed by atoms with E-state index >= 15 is 0 Å². The van der Waals surface area contributed by atoms with Crippen LogP contribution in [0.2, 0.25) is 5.02 Å². The molecule has 26 heavy (non-hydrogen) atoms. The topological polar surface area (TPSA) is 70.7 Å². The zero-order valence-corrected chi connectivity index (χ0v) is 15.0. The molecule has 6 nitrogen and oxygen atoms in total. The lowest BCUT2D eigenvalue weighted by Crippen LogP contribution is -2.39. The van der Waals surface area contributed by atoms with Gasteiger partial charge in [-0.05, 0) is 37.3 Å². The highest BCUT2D eigenvalue weighted by molar-refractivity contribution is 6.30. The third kappa shape index (κ3) is 4.15. The molecule has 1 aliphatic heterocycles. The molecule has 2 aromatic carbocycles. The van der Waals surface area contributed by atoms with Gasteiger partial charge in [0.25, 0.3) is 5.91 Å². The molecule has 1 aliphatic rings. The van der Waals surface area contributed by atoms with Gasteiger partial charge in [0, 0.05) is 29.0 Å². The number of carbonyl (C=O) groups is 2. The number of hydrogen-bond acceptors (Lipinski definition) is 3. The van der Waals surface area contributed by atoms with E-state index in [0.717, 1.165) is 5.57 Å². The number of halogens is 1. The first kappa shape index (κ1) is 17.8. The molecule has 0 fully saturated rings. The molecule has 0 saturated heterocycles. The zero-order chi connectivity index (χ0) is 18.7. The van der Waals surface area contributed by atoms with Crippen LogP contribution in [-0.2, 0) is 4.79 Å². The van der Waals surface area contributed by atoms with E-state index in [1.54, 1.807) is 47.4 Å². The van der Waals surface area contributed by atoms with Crippen LogP contribution in [0.25, 0.3) is 0 Å². The first-order valence-corrected chi connectivity index (χ1v) is 8.35. The van der Waals surface area contributed by atoms with Gasteiger partial charge in [0.05, 0.1) is 5.69 Å². The average Bonchev–Trinajstić information content (AvgIpc) is 2.57. The van der Waals surface area contributed by atoms with E-state index in [4.69, 9.17) is 16.3 Å². The van der Waals surface area contributed by atoms with E-state index in [2.05, 4.69) is 17.2 Å². The van der Waals surface area contributed by atoms with E-state index in [-0.39, 0.29) is 12.5 Å². The smallest absolute Gasteiger partial charge is 0.323 e. The van der Waals surface area contributed by atoms with Crippen LogP contribution in [0.5, 0.6) is 5.75 Å². The minimum absolute atomic E-state index is 0.0432. The summed E-state index contributed by atoms with van der Waals surface area (Å²) in [5, 5.41) is 5.97. The van der Waals surface area contributed by atoms with Gasteiger partial charge in [-0.2, -0.15) is 0 Å². The molecule has 0 aromatic heterocycles. The predicted octanol–water partition coefficient (Wildman–Crippen LogP) is 4.29. The van der Waals surface area contributed by atoms with Crippen molar-refractivity contribution in [2.45, 2.75) is 6.92 Å². The summed E-state index contributed by atoms with van der Waals surface area (Å²) in [5.74, 6) is 0.409. The second kappa shape index (κ2) is 7.49. The van der Waals surface area contributed by atoms with Gasteiger partial charge in [0.15, 0.2) is 6.61 Å². The standard InChI is InChI=1S/C19H18ClN3O3/c1-12(2)10-23-16-7-6-15(9-17(16)26-11-18(23)24)22-19(25)21-14-5-3-4-13(20)8-14/h3-9H,1,10-11H2,2H3,(H2,21,22,25). The SMILES string of the molecule is C=C(C)CN1C(=O)COc2cc(NC(=O)Nc3cccc(Cl)c3)ccc21. The van der Waals surface area contributed by atoms with Crippen molar-refractivity contribution in [3.63, 3.8) is 0 Å². The summed E-state index contributed by atoms with van der Waals surface area (Å²) in [6.07, 6.45) is 0. The Labute approximate surface area is 156 Å². The highest BCUT2D eigenvalue weighted by atomic mass is 35.5. The minimum Gasteiger partial charge on any atom is -0.481 e. The monoisotopic (exact) mass is 371 g/mol. The number of amides is 3. The zero-order valence-electron chi connectivity index (χ0n) is 14.2. The molecular formula is C19H18ClN3O3. The van der Waals surface area contributed by atoms with Gasteiger partial charge >= 0.3 is 6.03 Å². The van der Waals surface area contributed by atoms with Gasteiger partial charge in [-0.1, -0.05) is 29.8 Å². The summed E-state index contributed by atoms with van der Waals surface area (Å²) in [7, 11) is 0. The van der Waals surface area contributed by atoms with Crippen LogP contribution in [0, 0.1) is 0 Å². The minimum atomic E-state index is -0.405. The summed E-state index contributed by atoms with van der Waals surface area (Å²) >= 11 is 5.90. The number of ether oxygens (including phenoxy) is 1. The van der Waals surface area contributed by atoms with Crippen molar-refractivity contribution in [2.24, 2.45) is 0 Å². The number of hydrogen-bond donors (Lipinski definition) is 2. The van der Waals surface area contributed by atoms with Crippen LogP contribution in [0.1, 0.15) is 6.92 Å². The third-order valence-corrected chi connectivity index (χ3v) is 3.91. The fourth-order valence-electron chi connectivity index (χ4n) is 2.59. The Morgan fingerprint density at radius 2 is 1.96 bits per heavy atom. The van der Waals surface area contributed by atoms with Gasteiger partial charge in [0.1, 0.15) is 5.75 Å². The van der Waals surface area contributed by atoms with Gasteiger partial charge in [-0.15, -0.1) is 0 Å². The molecule has 3 amide bonds. The molecule has 134 valence electrons. The van der Waals surface area contributed by atoms with Crippen LogP contribution in [0.3, 0.4) is 0 Å². The summed E-state index contributed by atoms with van der Waals surface area (Å²) < 4.78 is 5.49. The Balaban J connectivity index is 1.73. The molecule has 0 unspecified atom stereocenters. The van der Waals surface area contributed by atoms with Crippen LogP contribution in [0.4, 0.5) is 21.9 Å². The Kier molecular flexibility index (Phi) is 5.14. The van der Waals surface area contributed by atoms with E-state index in [9.17, 15) is 9.59 Å². The van der Waals surface area contributed by atoms with Crippen LogP contribution in [0.15, 0.2) is 54.6 Å². The quantitative estimate of drug-likeness (QED) is 0.788. The molecule has 3 rings (SSSR count). The number of anilines is 3. The number of benzene rings is 2. The van der Waals surface area contributed by atoms with E-state index in [0.29, 0.717) is 34.4 Å². The van der Waals surface area contributed by atoms with Crippen molar-refractivity contribution in [3.8, 4) is 5.75 Å². The van der Waals surface area contributed by atoms with Crippen LogP contribution >= 0.6 is 11.6 Å². The maximum absolute atomic E-state index is 12.1. The Morgan fingerprint density at radius 3 is 2.65 bits per heavy atom. The van der Waals surface area contributed by atoms with Gasteiger partial charge in [-0.25, -0.2) is 4.79 Å². The average molecular weight is 372 g/mol. The highest BCUT2D eigenvalue weighted by Gasteiger charge is 2.25. The lowest BCUT2D eigenvalue weighted by Gasteiger charge is -2.29. The van der Waals surface area contributed by atoms with E-state index < -0.39 is 6.03 Å². The highest BCUT2D eigenvalue weighted by Crippen LogP contribution is 2.34. The van der Waals surface area contributed by atoms with E-state index in [1.165, 1.54) is 0 Å². The predicted molar refractivity (Wildman–Crippen MR) is 103 cm³/mol. The molecule has 1 heterocycles. The number of urea groups is 1. The Bertz CT molecular complexity index is 882. The number of nitrogens with zero attached hydrogens (tertiary/aromatic N) is 1. The molecule has 2 N–H and O–H groups in total. The molecule has 2 aromatic rings. The van der Waals surface area contributed by atoms with Crippen LogP contribution in [-0.4, -0.2) is 25.1 Å². The summed E-state index contributed by atoms with van der Waals surface area (Å²) in [6, 6.07) is 11.6. The molecule has 0 spiro atoms. The van der Waals surface area contributed by atoms with Gasteiger partial charge < -0.3 is 20.3 Å². The Morgan fingerprint density at radius 1 is 1.23 bits per heavy atom. The molecule has 0 aliphatic carbocycles. The van der Waals surface area contributed by atoms with Crippen LogP contribution < -0.4 is 20.3 Å². The van der Waals surface area contributed by atoms with Crippen molar-refractivity contribution in [1.29, 1.82) is 0 Å². The van der Waals surface area contributed by atoms with Gasteiger partial charge in [-0.3, -0.25) is 4.79 Å². The maximum atomic E-state index is 12.1. The van der Waals surface area contributed by atoms with Crippen molar-refractivity contribution < 1.29 is 14.3 Å². The summed E-state index contributed by atoms with van der Waals surface area (Å²) in [5.41, 5.74) is 2.66. The van der Waals surface area contributed by atoms with E-state index in [1.807, 2.05) is 6.92 Å². The number of nitrogens with one attached hydrogen (secondary N) is 2. The number of rotatable bonds is 4. The summed E-state index contributed by atoms with van der Waals surface area (Å²) in [4.78, 5) is 25.8. The largest absolute Gasteiger partial charge is 0.481 e. The molecule has 0 bridgehead atoms. The first-order valence-electron chi connectivity index (χ1n) is 7.97. The second-order valence-electron chi connectivity index (χ2n) is 6.00. The Hall–Kier alpha value is -2.99. The summed E-state index contributed by atoms with van der Waals surface area (Å²) in [6.45, 7) is 6.09. The maximum Gasteiger partial charge on any atom is 0.323 e. The lowest BCUT2D eigenvalue weighted by atomic mass is 10.2. The first-order chi connectivity index (χ1) is 12.4. The van der Waals surface area contributed by atoms with Crippen molar-refractivity contribution in [1.82, 2.24) is 0 Å². The van der Waals surface area contributed by atoms with Crippen molar-refractivity contribution in [3.05, 3.63) is 59.6 Å². The second-order valence-corrected chi connectivity index (χ2v) is 6.43. The van der Waals surface area contributed by atoms with Crippen molar-refractivity contribution >= 4 is 40.6 Å². The third-order valence-electron chi connectivity index (χ3n) is 3.67. The molecule has 0 radical (unpaired) electrons. The normalized spacial score (nSPS) is 12.8. The molecule has 0 atom stereocenters. The molecule has 7 heteroatoms. The van der Waals surface area contributed by atoms with Gasteiger partial charge in [0.2, 0.25) is 0 Å². The number of fused-ring (bicyclic) bond motifs is 1. The fraction of sp³-hybridized carbons (Fsp3) is 0.158. The van der Waals surface area contributed by atoms with Crippen molar-refractivity contribution in [2.75, 3.05) is 28.7 Å².